The third-order valence-corrected chi connectivity index (χ3v) is 3.84. The van der Waals surface area contributed by atoms with Crippen molar-refractivity contribution in [1.82, 2.24) is 9.97 Å². The fraction of sp³-hybridized carbons (Fsp3) is 0.385. The van der Waals surface area contributed by atoms with Crippen molar-refractivity contribution in [2.75, 3.05) is 6.61 Å². The maximum atomic E-state index is 12.5. The molecule has 0 spiro atoms. The lowest BCUT2D eigenvalue weighted by Gasteiger charge is -2.12. The lowest BCUT2D eigenvalue weighted by molar-refractivity contribution is 0.0581. The first-order chi connectivity index (χ1) is 8.66. The maximum Gasteiger partial charge on any atom is 0.194 e. The average Bonchev–Trinajstić information content (AvgIpc) is 2.94. The van der Waals surface area contributed by atoms with Gasteiger partial charge in [-0.3, -0.25) is 4.79 Å². The number of rotatable bonds is 2. The zero-order valence-electron chi connectivity index (χ0n) is 9.94. The van der Waals surface area contributed by atoms with E-state index < -0.39 is 0 Å². The van der Waals surface area contributed by atoms with Crippen molar-refractivity contribution in [2.24, 2.45) is 5.92 Å². The molecule has 0 saturated carbocycles. The number of halogens is 1. The Morgan fingerprint density at radius 1 is 1.61 bits per heavy atom. The van der Waals surface area contributed by atoms with Crippen molar-refractivity contribution < 1.29 is 9.53 Å². The molecule has 5 heteroatoms. The van der Waals surface area contributed by atoms with Gasteiger partial charge in [0, 0.05) is 34.4 Å². The molecule has 0 amide bonds. The number of ketones is 1. The summed E-state index contributed by atoms with van der Waals surface area (Å²) in [5.74, 6) is 0.328. The first kappa shape index (κ1) is 11.9. The van der Waals surface area contributed by atoms with E-state index in [1.54, 1.807) is 12.4 Å². The summed E-state index contributed by atoms with van der Waals surface area (Å²) in [5, 5.41) is 0.845. The van der Waals surface area contributed by atoms with E-state index in [1.165, 1.54) is 0 Å². The normalized spacial score (nSPS) is 23.7. The van der Waals surface area contributed by atoms with E-state index >= 15 is 0 Å². The minimum Gasteiger partial charge on any atom is -0.370 e. The fourth-order valence-electron chi connectivity index (χ4n) is 2.37. The van der Waals surface area contributed by atoms with Gasteiger partial charge < -0.3 is 9.72 Å². The Kier molecular flexibility index (Phi) is 2.95. The van der Waals surface area contributed by atoms with E-state index in [4.69, 9.17) is 4.74 Å². The number of Topliss-reactive ketones (excluding diaryl/α,β-unsaturated/α-hetero) is 1. The monoisotopic (exact) mass is 308 g/mol. The van der Waals surface area contributed by atoms with Crippen LogP contribution < -0.4 is 0 Å². The predicted molar refractivity (Wildman–Crippen MR) is 71.6 cm³/mol. The molecule has 18 heavy (non-hydrogen) atoms. The van der Waals surface area contributed by atoms with Gasteiger partial charge in [0.25, 0.3) is 0 Å². The second-order valence-corrected chi connectivity index (χ2v) is 5.59. The highest BCUT2D eigenvalue weighted by atomic mass is 79.9. The number of ether oxygens (including phenoxy) is 1. The highest BCUT2D eigenvalue weighted by Gasteiger charge is 2.32. The van der Waals surface area contributed by atoms with E-state index in [0.717, 1.165) is 21.9 Å². The van der Waals surface area contributed by atoms with Gasteiger partial charge in [0.15, 0.2) is 5.78 Å². The topological polar surface area (TPSA) is 55.0 Å². The molecule has 0 aliphatic carbocycles. The van der Waals surface area contributed by atoms with Gasteiger partial charge in [0.2, 0.25) is 0 Å². The van der Waals surface area contributed by atoms with E-state index in [0.29, 0.717) is 12.2 Å². The molecule has 3 rings (SSSR count). The van der Waals surface area contributed by atoms with E-state index in [1.807, 2.05) is 6.07 Å². The molecule has 1 aliphatic rings. The summed E-state index contributed by atoms with van der Waals surface area (Å²) < 4.78 is 6.40. The summed E-state index contributed by atoms with van der Waals surface area (Å²) >= 11 is 3.38. The van der Waals surface area contributed by atoms with Crippen LogP contribution in [-0.4, -0.2) is 28.5 Å². The molecule has 2 aromatic heterocycles. The number of aromatic amines is 1. The third kappa shape index (κ3) is 1.87. The molecule has 1 N–H and O–H groups in total. The molecular formula is C13H13BrN2O2. The molecule has 0 aromatic carbocycles. The largest absolute Gasteiger partial charge is 0.370 e. The molecule has 94 valence electrons. The summed E-state index contributed by atoms with van der Waals surface area (Å²) in [5.41, 5.74) is 1.39. The van der Waals surface area contributed by atoms with Gasteiger partial charge >= 0.3 is 0 Å². The fourth-order valence-corrected chi connectivity index (χ4v) is 2.70. The van der Waals surface area contributed by atoms with Crippen LogP contribution in [-0.2, 0) is 4.74 Å². The summed E-state index contributed by atoms with van der Waals surface area (Å²) in [4.78, 5) is 19.7. The van der Waals surface area contributed by atoms with Gasteiger partial charge in [-0.1, -0.05) is 6.92 Å². The molecule has 2 atom stereocenters. The molecule has 3 heterocycles. The van der Waals surface area contributed by atoms with Crippen LogP contribution >= 0.6 is 15.9 Å². The maximum absolute atomic E-state index is 12.5. The van der Waals surface area contributed by atoms with Gasteiger partial charge in [0.05, 0.1) is 0 Å². The Labute approximate surface area is 113 Å². The molecule has 1 aliphatic heterocycles. The molecule has 2 aromatic rings. The van der Waals surface area contributed by atoms with Crippen LogP contribution in [0.1, 0.15) is 23.7 Å². The Morgan fingerprint density at radius 3 is 3.17 bits per heavy atom. The number of nitrogens with zero attached hydrogens (tertiary/aromatic N) is 1. The third-order valence-electron chi connectivity index (χ3n) is 3.41. The van der Waals surface area contributed by atoms with Gasteiger partial charge in [-0.15, -0.1) is 0 Å². The standard InChI is InChI=1S/C13H13BrN2O2/c1-7-2-3-18-12(7)11(17)10-6-16-13-9(10)4-8(14)5-15-13/h4-7,12H,2-3H2,1H3,(H,15,16). The quantitative estimate of drug-likeness (QED) is 0.868. The Morgan fingerprint density at radius 2 is 2.44 bits per heavy atom. The zero-order chi connectivity index (χ0) is 12.7. The van der Waals surface area contributed by atoms with Crippen LogP contribution in [0.15, 0.2) is 22.9 Å². The van der Waals surface area contributed by atoms with Gasteiger partial charge in [-0.2, -0.15) is 0 Å². The van der Waals surface area contributed by atoms with Crippen LogP contribution in [0.25, 0.3) is 11.0 Å². The van der Waals surface area contributed by atoms with E-state index in [2.05, 4.69) is 32.8 Å². The van der Waals surface area contributed by atoms with Crippen molar-refractivity contribution in [3.63, 3.8) is 0 Å². The van der Waals surface area contributed by atoms with Crippen molar-refractivity contribution >= 4 is 32.7 Å². The minimum atomic E-state index is -0.317. The molecule has 4 nitrogen and oxygen atoms in total. The van der Waals surface area contributed by atoms with Gasteiger partial charge in [-0.05, 0) is 34.3 Å². The van der Waals surface area contributed by atoms with Crippen LogP contribution in [0, 0.1) is 5.92 Å². The number of carbonyl (C=O) groups is 1. The number of hydrogen-bond donors (Lipinski definition) is 1. The minimum absolute atomic E-state index is 0.0474. The average molecular weight is 309 g/mol. The molecule has 0 bridgehead atoms. The summed E-state index contributed by atoms with van der Waals surface area (Å²) in [6.45, 7) is 2.72. The van der Waals surface area contributed by atoms with Crippen LogP contribution in [0.5, 0.6) is 0 Å². The second-order valence-electron chi connectivity index (χ2n) is 4.67. The Hall–Kier alpha value is -1.20. The molecular weight excluding hydrogens is 296 g/mol. The lowest BCUT2D eigenvalue weighted by atomic mass is 9.96. The smallest absolute Gasteiger partial charge is 0.194 e. The zero-order valence-corrected chi connectivity index (χ0v) is 11.5. The first-order valence-corrected chi connectivity index (χ1v) is 6.74. The summed E-state index contributed by atoms with van der Waals surface area (Å²) in [6.07, 6.45) is 4.06. The van der Waals surface area contributed by atoms with Crippen molar-refractivity contribution in [3.05, 3.63) is 28.5 Å². The van der Waals surface area contributed by atoms with Gasteiger partial charge in [-0.25, -0.2) is 4.98 Å². The summed E-state index contributed by atoms with van der Waals surface area (Å²) in [6, 6.07) is 1.91. The molecule has 1 fully saturated rings. The number of carbonyl (C=O) groups excluding carboxylic acids is 1. The van der Waals surface area contributed by atoms with Crippen molar-refractivity contribution in [2.45, 2.75) is 19.4 Å². The molecule has 1 saturated heterocycles. The van der Waals surface area contributed by atoms with Crippen LogP contribution in [0.4, 0.5) is 0 Å². The SMILES string of the molecule is CC1CCOC1C(=O)c1c[nH]c2ncc(Br)cc12. The number of aromatic nitrogens is 2. The second kappa shape index (κ2) is 4.48. The highest BCUT2D eigenvalue weighted by molar-refractivity contribution is 9.10. The number of H-pyrrole nitrogens is 1. The lowest BCUT2D eigenvalue weighted by Crippen LogP contribution is -2.25. The van der Waals surface area contributed by atoms with E-state index in [-0.39, 0.29) is 17.8 Å². The number of fused-ring (bicyclic) bond motifs is 1. The predicted octanol–water partition coefficient (Wildman–Crippen LogP) is 2.93. The molecule has 2 unspecified atom stereocenters. The van der Waals surface area contributed by atoms with Crippen LogP contribution in [0.2, 0.25) is 0 Å². The summed E-state index contributed by atoms with van der Waals surface area (Å²) in [7, 11) is 0. The van der Waals surface area contributed by atoms with Crippen molar-refractivity contribution in [3.8, 4) is 0 Å². The Balaban J connectivity index is 2.03. The van der Waals surface area contributed by atoms with Gasteiger partial charge in [0.1, 0.15) is 11.8 Å². The highest BCUT2D eigenvalue weighted by Crippen LogP contribution is 2.27. The number of hydrogen-bond acceptors (Lipinski definition) is 3. The first-order valence-electron chi connectivity index (χ1n) is 5.95. The number of nitrogens with one attached hydrogen (secondary N) is 1. The Bertz CT molecular complexity index is 608. The van der Waals surface area contributed by atoms with Crippen LogP contribution in [0.3, 0.4) is 0 Å². The van der Waals surface area contributed by atoms with E-state index in [9.17, 15) is 4.79 Å². The number of pyridine rings is 1. The molecule has 0 radical (unpaired) electrons. The van der Waals surface area contributed by atoms with Crippen molar-refractivity contribution in [1.29, 1.82) is 0 Å².